The average Bonchev–Trinajstić information content (AvgIpc) is 2.88. The standard InChI is InChI=1S/C28H36N2O4S/c1-20-12-13-26(21(2)18-20)27(31)22-14-16-30(17-15-22)28(32)23-8-7-11-25(19-23)35(33,34)29(3)24-9-5-4-6-10-24/h7-8,11-13,18-19,22,24H,4-6,9-10,14-17H2,1-3H3. The zero-order chi connectivity index (χ0) is 25.2. The van der Waals surface area contributed by atoms with Crippen molar-refractivity contribution in [2.75, 3.05) is 20.1 Å². The molecule has 0 radical (unpaired) electrons. The van der Waals surface area contributed by atoms with E-state index in [0.717, 1.165) is 48.8 Å². The molecule has 1 amide bonds. The van der Waals surface area contributed by atoms with Gasteiger partial charge in [0, 0.05) is 43.2 Å². The van der Waals surface area contributed by atoms with Crippen LogP contribution in [0.15, 0.2) is 47.4 Å². The van der Waals surface area contributed by atoms with Crippen LogP contribution >= 0.6 is 0 Å². The minimum atomic E-state index is -3.67. The van der Waals surface area contributed by atoms with E-state index in [1.165, 1.54) is 10.4 Å². The molecule has 4 rings (SSSR count). The van der Waals surface area contributed by atoms with E-state index < -0.39 is 10.0 Å². The summed E-state index contributed by atoms with van der Waals surface area (Å²) in [5.41, 5.74) is 3.26. The number of aryl methyl sites for hydroxylation is 2. The Bertz CT molecular complexity index is 1190. The number of sulfonamides is 1. The Labute approximate surface area is 209 Å². The molecule has 2 aliphatic rings. The molecule has 0 atom stereocenters. The number of rotatable bonds is 6. The van der Waals surface area contributed by atoms with E-state index in [0.29, 0.717) is 31.5 Å². The van der Waals surface area contributed by atoms with Crippen molar-refractivity contribution in [3.63, 3.8) is 0 Å². The third kappa shape index (κ3) is 5.51. The molecular formula is C28H36N2O4S. The highest BCUT2D eigenvalue weighted by molar-refractivity contribution is 7.89. The molecule has 7 heteroatoms. The molecule has 1 saturated carbocycles. The van der Waals surface area contributed by atoms with Gasteiger partial charge in [0.05, 0.1) is 4.90 Å². The predicted octanol–water partition coefficient (Wildman–Crippen LogP) is 4.99. The highest BCUT2D eigenvalue weighted by Gasteiger charge is 2.31. The van der Waals surface area contributed by atoms with Gasteiger partial charge < -0.3 is 4.90 Å². The lowest BCUT2D eigenvalue weighted by molar-refractivity contribution is 0.0650. The van der Waals surface area contributed by atoms with Gasteiger partial charge in [-0.2, -0.15) is 4.31 Å². The normalized spacial score (nSPS) is 18.1. The molecule has 188 valence electrons. The van der Waals surface area contributed by atoms with Crippen LogP contribution in [0.5, 0.6) is 0 Å². The molecule has 6 nitrogen and oxygen atoms in total. The quantitative estimate of drug-likeness (QED) is 0.528. The van der Waals surface area contributed by atoms with E-state index in [2.05, 4.69) is 0 Å². The summed E-state index contributed by atoms with van der Waals surface area (Å²) in [6, 6.07) is 12.3. The van der Waals surface area contributed by atoms with Crippen molar-refractivity contribution in [1.82, 2.24) is 9.21 Å². The number of hydrogen-bond donors (Lipinski definition) is 0. The van der Waals surface area contributed by atoms with E-state index in [1.807, 2.05) is 32.0 Å². The largest absolute Gasteiger partial charge is 0.339 e. The van der Waals surface area contributed by atoms with Gasteiger partial charge >= 0.3 is 0 Å². The molecular weight excluding hydrogens is 460 g/mol. The maximum absolute atomic E-state index is 13.2. The lowest BCUT2D eigenvalue weighted by Gasteiger charge is -2.32. The second-order valence-electron chi connectivity index (χ2n) is 10.1. The summed E-state index contributed by atoms with van der Waals surface area (Å²) < 4.78 is 28.0. The van der Waals surface area contributed by atoms with Crippen LogP contribution in [-0.4, -0.2) is 55.5 Å². The molecule has 0 aromatic heterocycles. The van der Waals surface area contributed by atoms with Crippen molar-refractivity contribution in [2.24, 2.45) is 5.92 Å². The second-order valence-corrected chi connectivity index (χ2v) is 12.1. The summed E-state index contributed by atoms with van der Waals surface area (Å²) in [5.74, 6) is -0.135. The minimum Gasteiger partial charge on any atom is -0.339 e. The molecule has 0 bridgehead atoms. The van der Waals surface area contributed by atoms with E-state index in [9.17, 15) is 18.0 Å². The van der Waals surface area contributed by atoms with Crippen LogP contribution < -0.4 is 0 Å². The summed E-state index contributed by atoms with van der Waals surface area (Å²) >= 11 is 0. The first-order valence-electron chi connectivity index (χ1n) is 12.7. The van der Waals surface area contributed by atoms with Crippen molar-refractivity contribution >= 4 is 21.7 Å². The Morgan fingerprint density at radius 3 is 2.26 bits per heavy atom. The molecule has 0 unspecified atom stereocenters. The first kappa shape index (κ1) is 25.6. The molecule has 1 saturated heterocycles. The number of likely N-dealkylation sites (tertiary alicyclic amines) is 1. The molecule has 1 aliphatic heterocycles. The van der Waals surface area contributed by atoms with Gasteiger partial charge in [-0.3, -0.25) is 9.59 Å². The minimum absolute atomic E-state index is 0.0156. The summed E-state index contributed by atoms with van der Waals surface area (Å²) in [7, 11) is -2.02. The van der Waals surface area contributed by atoms with Crippen molar-refractivity contribution in [3.8, 4) is 0 Å². The van der Waals surface area contributed by atoms with Crippen LogP contribution in [0.3, 0.4) is 0 Å². The highest BCUT2D eigenvalue weighted by atomic mass is 32.2. The molecule has 2 aromatic carbocycles. The summed E-state index contributed by atoms with van der Waals surface area (Å²) in [6.45, 7) is 4.95. The Balaban J connectivity index is 1.42. The number of amides is 1. The molecule has 0 N–H and O–H groups in total. The van der Waals surface area contributed by atoms with Gasteiger partial charge in [0.25, 0.3) is 5.91 Å². The third-order valence-electron chi connectivity index (χ3n) is 7.65. The summed E-state index contributed by atoms with van der Waals surface area (Å²) in [5, 5.41) is 0. The SMILES string of the molecule is Cc1ccc(C(=O)C2CCN(C(=O)c3cccc(S(=O)(=O)N(C)C4CCCCC4)c3)CC2)c(C)c1. The van der Waals surface area contributed by atoms with Crippen LogP contribution in [0.25, 0.3) is 0 Å². The smallest absolute Gasteiger partial charge is 0.253 e. The van der Waals surface area contributed by atoms with E-state index in [1.54, 1.807) is 30.1 Å². The molecule has 0 spiro atoms. The lowest BCUT2D eigenvalue weighted by atomic mass is 9.87. The molecule has 1 heterocycles. The van der Waals surface area contributed by atoms with E-state index >= 15 is 0 Å². The molecule has 35 heavy (non-hydrogen) atoms. The lowest BCUT2D eigenvalue weighted by Crippen LogP contribution is -2.40. The van der Waals surface area contributed by atoms with Gasteiger partial charge in [-0.1, -0.05) is 49.1 Å². The second kappa shape index (κ2) is 10.6. The van der Waals surface area contributed by atoms with Gasteiger partial charge in [-0.05, 0) is 63.3 Å². The average molecular weight is 497 g/mol. The number of benzene rings is 2. The highest BCUT2D eigenvalue weighted by Crippen LogP contribution is 2.28. The molecule has 2 aromatic rings. The van der Waals surface area contributed by atoms with Crippen LogP contribution in [0, 0.1) is 19.8 Å². The first-order chi connectivity index (χ1) is 16.7. The fraction of sp³-hybridized carbons (Fsp3) is 0.500. The van der Waals surface area contributed by atoms with Crippen LogP contribution in [0.2, 0.25) is 0 Å². The molecule has 1 aliphatic carbocycles. The Morgan fingerprint density at radius 2 is 1.60 bits per heavy atom. The number of nitrogens with zero attached hydrogens (tertiary/aromatic N) is 2. The van der Waals surface area contributed by atoms with Gasteiger partial charge in [0.15, 0.2) is 5.78 Å². The van der Waals surface area contributed by atoms with Gasteiger partial charge in [-0.15, -0.1) is 0 Å². The predicted molar refractivity (Wildman–Crippen MR) is 137 cm³/mol. The Morgan fingerprint density at radius 1 is 0.914 bits per heavy atom. The summed E-state index contributed by atoms with van der Waals surface area (Å²) in [4.78, 5) is 28.2. The number of piperidine rings is 1. The van der Waals surface area contributed by atoms with Crippen molar-refractivity contribution < 1.29 is 18.0 Å². The maximum atomic E-state index is 13.2. The number of ketones is 1. The topological polar surface area (TPSA) is 74.8 Å². The van der Waals surface area contributed by atoms with Crippen LogP contribution in [0.1, 0.15) is 76.8 Å². The van der Waals surface area contributed by atoms with E-state index in [-0.39, 0.29) is 28.5 Å². The van der Waals surface area contributed by atoms with Crippen LogP contribution in [-0.2, 0) is 10.0 Å². The van der Waals surface area contributed by atoms with Gasteiger partial charge in [-0.25, -0.2) is 8.42 Å². The Kier molecular flexibility index (Phi) is 7.77. The van der Waals surface area contributed by atoms with Crippen LogP contribution in [0.4, 0.5) is 0 Å². The monoisotopic (exact) mass is 496 g/mol. The number of Topliss-reactive ketones (excluding diaryl/α,β-unsaturated/α-hetero) is 1. The number of hydrogen-bond acceptors (Lipinski definition) is 4. The van der Waals surface area contributed by atoms with Crippen molar-refractivity contribution in [3.05, 3.63) is 64.7 Å². The van der Waals surface area contributed by atoms with Gasteiger partial charge in [0.2, 0.25) is 10.0 Å². The zero-order valence-corrected chi connectivity index (χ0v) is 21.8. The van der Waals surface area contributed by atoms with Gasteiger partial charge in [0.1, 0.15) is 0 Å². The van der Waals surface area contributed by atoms with Crippen molar-refractivity contribution in [1.29, 1.82) is 0 Å². The fourth-order valence-corrected chi connectivity index (χ4v) is 6.90. The van der Waals surface area contributed by atoms with Crippen molar-refractivity contribution in [2.45, 2.75) is 69.7 Å². The zero-order valence-electron chi connectivity index (χ0n) is 21.0. The molecule has 2 fully saturated rings. The number of carbonyl (C=O) groups excluding carboxylic acids is 2. The Hall–Kier alpha value is -2.51. The van der Waals surface area contributed by atoms with E-state index in [4.69, 9.17) is 0 Å². The fourth-order valence-electron chi connectivity index (χ4n) is 5.43. The maximum Gasteiger partial charge on any atom is 0.253 e. The first-order valence-corrected chi connectivity index (χ1v) is 14.1. The number of carbonyl (C=O) groups is 2. The summed E-state index contributed by atoms with van der Waals surface area (Å²) in [6.07, 6.45) is 6.23. The third-order valence-corrected chi connectivity index (χ3v) is 9.55.